The second-order valence-electron chi connectivity index (χ2n) is 10.1. The molecule has 0 spiro atoms. The standard InChI is InChI=1S/C23H30N2O2/c1-14-19(11-25-13-23(5)10-17(25)9-22(3,4)12-23)21(27)18-8-16(15(2)26)6-7-20(18)24-14/h6-8,17H,9-13H2,1-5H3,(H,24,27)/p+1/t17-,23-/m0/s1. The molecule has 1 aliphatic heterocycles. The Morgan fingerprint density at radius 2 is 2.00 bits per heavy atom. The number of rotatable bonds is 3. The number of aromatic amines is 1. The second-order valence-corrected chi connectivity index (χ2v) is 10.1. The Labute approximate surface area is 161 Å². The second kappa shape index (κ2) is 6.03. The van der Waals surface area contributed by atoms with E-state index in [9.17, 15) is 9.59 Å². The monoisotopic (exact) mass is 367 g/mol. The van der Waals surface area contributed by atoms with Crippen molar-refractivity contribution in [1.29, 1.82) is 0 Å². The Bertz CT molecular complexity index is 988. The van der Waals surface area contributed by atoms with Crippen LogP contribution in [0, 0.1) is 17.8 Å². The minimum Gasteiger partial charge on any atom is -0.358 e. The van der Waals surface area contributed by atoms with Crippen molar-refractivity contribution < 1.29 is 9.69 Å². The van der Waals surface area contributed by atoms with Crippen LogP contribution in [0.15, 0.2) is 23.0 Å². The van der Waals surface area contributed by atoms with Gasteiger partial charge >= 0.3 is 0 Å². The molecule has 144 valence electrons. The van der Waals surface area contributed by atoms with Gasteiger partial charge in [-0.1, -0.05) is 20.8 Å². The number of likely N-dealkylation sites (tertiary alicyclic amines) is 1. The molecule has 2 bridgehead atoms. The van der Waals surface area contributed by atoms with Crippen molar-refractivity contribution in [2.75, 3.05) is 6.54 Å². The number of aromatic nitrogens is 1. The summed E-state index contributed by atoms with van der Waals surface area (Å²) in [6.07, 6.45) is 3.77. The van der Waals surface area contributed by atoms with Crippen LogP contribution in [-0.4, -0.2) is 23.4 Å². The number of aryl methyl sites for hydroxylation is 1. The lowest BCUT2D eigenvalue weighted by molar-refractivity contribution is -0.928. The van der Waals surface area contributed by atoms with Gasteiger partial charge in [0.15, 0.2) is 11.2 Å². The van der Waals surface area contributed by atoms with E-state index in [0.717, 1.165) is 29.9 Å². The van der Waals surface area contributed by atoms with Crippen molar-refractivity contribution in [2.24, 2.45) is 10.8 Å². The van der Waals surface area contributed by atoms with Crippen LogP contribution in [-0.2, 0) is 6.54 Å². The highest BCUT2D eigenvalue weighted by Crippen LogP contribution is 2.47. The third-order valence-corrected chi connectivity index (χ3v) is 6.80. The Morgan fingerprint density at radius 3 is 2.70 bits per heavy atom. The van der Waals surface area contributed by atoms with Crippen molar-refractivity contribution in [2.45, 2.75) is 66.5 Å². The number of quaternary nitrogens is 1. The van der Waals surface area contributed by atoms with Crippen LogP contribution < -0.4 is 10.3 Å². The number of carbonyl (C=O) groups excluding carboxylic acids is 1. The number of fused-ring (bicyclic) bond motifs is 3. The fraction of sp³-hybridized carbons (Fsp3) is 0.565. The number of Topliss-reactive ketones (excluding diaryl/α,β-unsaturated/α-hetero) is 1. The van der Waals surface area contributed by atoms with Crippen molar-refractivity contribution in [1.82, 2.24) is 4.98 Å². The van der Waals surface area contributed by atoms with Crippen LogP contribution in [0.4, 0.5) is 0 Å². The van der Waals surface area contributed by atoms with E-state index in [1.165, 1.54) is 19.3 Å². The average Bonchev–Trinajstić information content (AvgIpc) is 2.79. The van der Waals surface area contributed by atoms with Gasteiger partial charge in [-0.05, 0) is 43.9 Å². The lowest BCUT2D eigenvalue weighted by atomic mass is 9.65. The minimum atomic E-state index is -0.00690. The summed E-state index contributed by atoms with van der Waals surface area (Å²) in [5.74, 6) is -0.00690. The summed E-state index contributed by atoms with van der Waals surface area (Å²) in [6, 6.07) is 6.03. The van der Waals surface area contributed by atoms with E-state index in [1.54, 1.807) is 24.0 Å². The lowest BCUT2D eigenvalue weighted by Gasteiger charge is -2.37. The van der Waals surface area contributed by atoms with Gasteiger partial charge in [0.05, 0.1) is 18.2 Å². The first-order chi connectivity index (χ1) is 12.6. The fourth-order valence-electron chi connectivity index (χ4n) is 6.07. The first-order valence-electron chi connectivity index (χ1n) is 10.1. The molecule has 27 heavy (non-hydrogen) atoms. The number of nitrogens with one attached hydrogen (secondary N) is 2. The zero-order valence-corrected chi connectivity index (χ0v) is 17.2. The van der Waals surface area contributed by atoms with Crippen molar-refractivity contribution in [3.63, 3.8) is 0 Å². The van der Waals surface area contributed by atoms with Gasteiger partial charge in [-0.15, -0.1) is 0 Å². The van der Waals surface area contributed by atoms with Gasteiger partial charge < -0.3 is 9.88 Å². The molecule has 4 heteroatoms. The van der Waals surface area contributed by atoms with E-state index in [2.05, 4.69) is 25.8 Å². The summed E-state index contributed by atoms with van der Waals surface area (Å²) < 4.78 is 0. The summed E-state index contributed by atoms with van der Waals surface area (Å²) in [5, 5.41) is 0.636. The Morgan fingerprint density at radius 1 is 1.26 bits per heavy atom. The summed E-state index contributed by atoms with van der Waals surface area (Å²) in [6.45, 7) is 12.7. The summed E-state index contributed by atoms with van der Waals surface area (Å²) in [5.41, 5.74) is 4.12. The minimum absolute atomic E-state index is 0.00690. The number of benzene rings is 1. The van der Waals surface area contributed by atoms with E-state index in [4.69, 9.17) is 0 Å². The van der Waals surface area contributed by atoms with E-state index < -0.39 is 0 Å². The normalized spacial score (nSPS) is 29.2. The maximum Gasteiger partial charge on any atom is 0.198 e. The molecule has 4 nitrogen and oxygen atoms in total. The molecule has 0 amide bonds. The molecule has 1 saturated heterocycles. The van der Waals surface area contributed by atoms with E-state index in [0.29, 0.717) is 27.8 Å². The molecule has 1 aliphatic carbocycles. The molecule has 2 fully saturated rings. The smallest absolute Gasteiger partial charge is 0.198 e. The summed E-state index contributed by atoms with van der Waals surface area (Å²) >= 11 is 0. The molecular weight excluding hydrogens is 336 g/mol. The van der Waals surface area contributed by atoms with Crippen molar-refractivity contribution in [3.8, 4) is 0 Å². The third-order valence-electron chi connectivity index (χ3n) is 6.80. The predicted octanol–water partition coefficient (Wildman–Crippen LogP) is 3.02. The zero-order valence-electron chi connectivity index (χ0n) is 17.2. The summed E-state index contributed by atoms with van der Waals surface area (Å²) in [7, 11) is 0. The molecule has 2 aromatic rings. The zero-order chi connectivity index (χ0) is 19.6. The molecule has 0 radical (unpaired) electrons. The lowest BCUT2D eigenvalue weighted by Crippen LogP contribution is -3.12. The van der Waals surface area contributed by atoms with Crippen LogP contribution in [0.25, 0.3) is 10.9 Å². The first kappa shape index (κ1) is 18.4. The van der Waals surface area contributed by atoms with Gasteiger partial charge in [0.2, 0.25) is 0 Å². The van der Waals surface area contributed by atoms with Crippen LogP contribution >= 0.6 is 0 Å². The number of hydrogen-bond acceptors (Lipinski definition) is 2. The maximum atomic E-state index is 13.3. The van der Waals surface area contributed by atoms with E-state index in [1.807, 2.05) is 13.0 Å². The molecule has 3 atom stereocenters. The van der Waals surface area contributed by atoms with Gasteiger partial charge in [0, 0.05) is 40.4 Å². The van der Waals surface area contributed by atoms with Gasteiger partial charge in [0.25, 0.3) is 0 Å². The van der Waals surface area contributed by atoms with Gasteiger partial charge in [-0.3, -0.25) is 9.59 Å². The third kappa shape index (κ3) is 3.25. The van der Waals surface area contributed by atoms with Crippen LogP contribution in [0.5, 0.6) is 0 Å². The predicted molar refractivity (Wildman–Crippen MR) is 108 cm³/mol. The van der Waals surface area contributed by atoms with Crippen molar-refractivity contribution in [3.05, 3.63) is 45.2 Å². The van der Waals surface area contributed by atoms with E-state index in [-0.39, 0.29) is 11.2 Å². The molecule has 2 aliphatic rings. The Kier molecular flexibility index (Phi) is 4.12. The quantitative estimate of drug-likeness (QED) is 0.820. The average molecular weight is 368 g/mol. The molecule has 1 aromatic carbocycles. The Hall–Kier alpha value is -1.94. The topological polar surface area (TPSA) is 54.4 Å². The number of hydrogen-bond donors (Lipinski definition) is 2. The first-order valence-corrected chi connectivity index (χ1v) is 10.1. The highest BCUT2D eigenvalue weighted by atomic mass is 16.1. The van der Waals surface area contributed by atoms with E-state index >= 15 is 0 Å². The molecule has 2 N–H and O–H groups in total. The molecule has 4 rings (SSSR count). The molecular formula is C23H31N2O2+. The largest absolute Gasteiger partial charge is 0.358 e. The SMILES string of the molecule is CC(=O)c1ccc2[nH]c(C)c(C[NH+]3C[C@@]4(C)C[C@@H]3CC(C)(C)C4)c(=O)c2c1. The van der Waals surface area contributed by atoms with Crippen LogP contribution in [0.1, 0.15) is 68.6 Å². The molecule has 1 unspecified atom stereocenters. The number of pyridine rings is 1. The van der Waals surface area contributed by atoms with Gasteiger partial charge in [-0.25, -0.2) is 0 Å². The van der Waals surface area contributed by atoms with Crippen LogP contribution in [0.2, 0.25) is 0 Å². The molecule has 1 aromatic heterocycles. The molecule has 2 heterocycles. The fourth-order valence-corrected chi connectivity index (χ4v) is 6.07. The van der Waals surface area contributed by atoms with Crippen molar-refractivity contribution >= 4 is 16.7 Å². The highest BCUT2D eigenvalue weighted by Gasteiger charge is 2.52. The summed E-state index contributed by atoms with van der Waals surface area (Å²) in [4.78, 5) is 30.0. The maximum absolute atomic E-state index is 13.3. The molecule has 1 saturated carbocycles. The Balaban J connectivity index is 1.72. The number of ketones is 1. The highest BCUT2D eigenvalue weighted by molar-refractivity contribution is 5.97. The number of H-pyrrole nitrogens is 1. The number of carbonyl (C=O) groups is 1. The van der Waals surface area contributed by atoms with Gasteiger partial charge in [-0.2, -0.15) is 0 Å². The van der Waals surface area contributed by atoms with Crippen LogP contribution in [0.3, 0.4) is 0 Å². The van der Waals surface area contributed by atoms with Gasteiger partial charge in [0.1, 0.15) is 6.54 Å².